The summed E-state index contributed by atoms with van der Waals surface area (Å²) in [5.74, 6) is 0.951. The molecule has 1 atom stereocenters. The molecule has 24 heavy (non-hydrogen) atoms. The van der Waals surface area contributed by atoms with Gasteiger partial charge in [0.25, 0.3) is 5.91 Å². The lowest BCUT2D eigenvalue weighted by molar-refractivity contribution is -0.123. The van der Waals surface area contributed by atoms with Gasteiger partial charge in [-0.2, -0.15) is 0 Å². The molecule has 1 unspecified atom stereocenters. The molecule has 2 N–H and O–H groups in total. The van der Waals surface area contributed by atoms with E-state index in [2.05, 4.69) is 5.32 Å². The molecule has 5 nitrogen and oxygen atoms in total. The van der Waals surface area contributed by atoms with Crippen molar-refractivity contribution in [2.75, 3.05) is 19.8 Å². The highest BCUT2D eigenvalue weighted by Gasteiger charge is 2.09. The second-order valence-corrected chi connectivity index (χ2v) is 5.71. The standard InChI is InChI=1S/C18H20ClNO4/c1-13-4-2-3-5-17(13)24-11-15(21)10-20-18(22)12-23-16-8-6-14(19)7-9-16/h2-9,15,21H,10-12H2,1H3,(H,20,22). The maximum Gasteiger partial charge on any atom is 0.258 e. The van der Waals surface area contributed by atoms with Crippen molar-refractivity contribution in [1.29, 1.82) is 0 Å². The van der Waals surface area contributed by atoms with Gasteiger partial charge in [-0.3, -0.25) is 4.79 Å². The highest BCUT2D eigenvalue weighted by molar-refractivity contribution is 6.30. The van der Waals surface area contributed by atoms with Gasteiger partial charge in [0, 0.05) is 11.6 Å². The lowest BCUT2D eigenvalue weighted by Crippen LogP contribution is -2.37. The van der Waals surface area contributed by atoms with E-state index in [1.807, 2.05) is 31.2 Å². The third kappa shape index (κ3) is 6.10. The number of hydrogen-bond acceptors (Lipinski definition) is 4. The van der Waals surface area contributed by atoms with E-state index in [-0.39, 0.29) is 25.7 Å². The number of aliphatic hydroxyl groups excluding tert-OH is 1. The van der Waals surface area contributed by atoms with Crippen molar-refractivity contribution in [3.05, 3.63) is 59.1 Å². The first-order chi connectivity index (χ1) is 11.5. The van der Waals surface area contributed by atoms with Gasteiger partial charge < -0.3 is 19.9 Å². The van der Waals surface area contributed by atoms with Crippen molar-refractivity contribution >= 4 is 17.5 Å². The van der Waals surface area contributed by atoms with Gasteiger partial charge in [0.05, 0.1) is 0 Å². The van der Waals surface area contributed by atoms with Gasteiger partial charge in [-0.1, -0.05) is 29.8 Å². The number of nitrogens with one attached hydrogen (secondary N) is 1. The zero-order valence-electron chi connectivity index (χ0n) is 13.4. The fourth-order valence-corrected chi connectivity index (χ4v) is 2.05. The van der Waals surface area contributed by atoms with Gasteiger partial charge in [0.15, 0.2) is 6.61 Å². The van der Waals surface area contributed by atoms with E-state index in [1.165, 1.54) is 0 Å². The van der Waals surface area contributed by atoms with Crippen molar-refractivity contribution in [2.45, 2.75) is 13.0 Å². The Kier molecular flexibility index (Phi) is 6.90. The smallest absolute Gasteiger partial charge is 0.258 e. The Hall–Kier alpha value is -2.24. The molecule has 0 fully saturated rings. The third-order valence-corrected chi connectivity index (χ3v) is 3.50. The molecule has 128 valence electrons. The van der Waals surface area contributed by atoms with Crippen LogP contribution in [0.2, 0.25) is 5.02 Å². The number of para-hydroxylation sites is 1. The van der Waals surface area contributed by atoms with E-state index in [0.29, 0.717) is 16.5 Å². The summed E-state index contributed by atoms with van der Waals surface area (Å²) in [5.41, 5.74) is 0.991. The Labute approximate surface area is 146 Å². The summed E-state index contributed by atoms with van der Waals surface area (Å²) in [5, 5.41) is 13.1. The molecule has 6 heteroatoms. The van der Waals surface area contributed by atoms with Crippen LogP contribution < -0.4 is 14.8 Å². The van der Waals surface area contributed by atoms with Crippen LogP contribution >= 0.6 is 11.6 Å². The molecular formula is C18H20ClNO4. The van der Waals surface area contributed by atoms with E-state index in [1.54, 1.807) is 24.3 Å². The molecule has 2 aromatic rings. The molecule has 0 aromatic heterocycles. The van der Waals surface area contributed by atoms with E-state index in [4.69, 9.17) is 21.1 Å². The largest absolute Gasteiger partial charge is 0.491 e. The molecule has 2 aromatic carbocycles. The van der Waals surface area contributed by atoms with Crippen molar-refractivity contribution < 1.29 is 19.4 Å². The SMILES string of the molecule is Cc1ccccc1OCC(O)CNC(=O)COc1ccc(Cl)cc1. The fraction of sp³-hybridized carbons (Fsp3) is 0.278. The summed E-state index contributed by atoms with van der Waals surface area (Å²) in [7, 11) is 0. The number of ether oxygens (including phenoxy) is 2. The minimum absolute atomic E-state index is 0.0920. The first-order valence-corrected chi connectivity index (χ1v) is 7.94. The number of carbonyl (C=O) groups excluding carboxylic acids is 1. The number of benzene rings is 2. The quantitative estimate of drug-likeness (QED) is 0.768. The van der Waals surface area contributed by atoms with Crippen LogP contribution in [0.25, 0.3) is 0 Å². The zero-order chi connectivity index (χ0) is 17.4. The molecular weight excluding hydrogens is 330 g/mol. The molecule has 0 bridgehead atoms. The monoisotopic (exact) mass is 349 g/mol. The minimum atomic E-state index is -0.802. The van der Waals surface area contributed by atoms with Crippen molar-refractivity contribution in [3.63, 3.8) is 0 Å². The van der Waals surface area contributed by atoms with Crippen LogP contribution in [0.4, 0.5) is 0 Å². The number of carbonyl (C=O) groups is 1. The van der Waals surface area contributed by atoms with Crippen LogP contribution in [-0.2, 0) is 4.79 Å². The number of halogens is 1. The first-order valence-electron chi connectivity index (χ1n) is 7.56. The van der Waals surface area contributed by atoms with Crippen molar-refractivity contribution in [3.8, 4) is 11.5 Å². The Morgan fingerprint density at radius 1 is 1.17 bits per heavy atom. The van der Waals surface area contributed by atoms with E-state index in [0.717, 1.165) is 5.56 Å². The Morgan fingerprint density at radius 2 is 1.88 bits per heavy atom. The molecule has 0 saturated heterocycles. The van der Waals surface area contributed by atoms with Gasteiger partial charge in [-0.05, 0) is 42.8 Å². The van der Waals surface area contributed by atoms with E-state index >= 15 is 0 Å². The minimum Gasteiger partial charge on any atom is -0.491 e. The Morgan fingerprint density at radius 3 is 2.58 bits per heavy atom. The Balaban J connectivity index is 1.65. The molecule has 0 spiro atoms. The molecule has 0 saturated carbocycles. The summed E-state index contributed by atoms with van der Waals surface area (Å²) < 4.78 is 10.8. The maximum absolute atomic E-state index is 11.7. The predicted molar refractivity (Wildman–Crippen MR) is 92.6 cm³/mol. The van der Waals surface area contributed by atoms with Crippen LogP contribution in [0.15, 0.2) is 48.5 Å². The van der Waals surface area contributed by atoms with Crippen LogP contribution in [0.5, 0.6) is 11.5 Å². The molecule has 0 radical (unpaired) electrons. The highest BCUT2D eigenvalue weighted by atomic mass is 35.5. The zero-order valence-corrected chi connectivity index (χ0v) is 14.1. The first kappa shape index (κ1) is 18.1. The molecule has 0 aliphatic carbocycles. The lowest BCUT2D eigenvalue weighted by Gasteiger charge is -2.14. The lowest BCUT2D eigenvalue weighted by atomic mass is 10.2. The fourth-order valence-electron chi connectivity index (χ4n) is 1.93. The van der Waals surface area contributed by atoms with Gasteiger partial charge in [0.1, 0.15) is 24.2 Å². The van der Waals surface area contributed by atoms with Gasteiger partial charge in [0.2, 0.25) is 0 Å². The van der Waals surface area contributed by atoms with Crippen LogP contribution in [0, 0.1) is 6.92 Å². The molecule has 0 heterocycles. The summed E-state index contributed by atoms with van der Waals surface area (Å²) in [6, 6.07) is 14.3. The van der Waals surface area contributed by atoms with Crippen LogP contribution in [0.1, 0.15) is 5.56 Å². The van der Waals surface area contributed by atoms with Gasteiger partial charge in [-0.25, -0.2) is 0 Å². The molecule has 1 amide bonds. The summed E-state index contributed by atoms with van der Waals surface area (Å²) in [6.07, 6.45) is -0.802. The van der Waals surface area contributed by atoms with Crippen molar-refractivity contribution in [1.82, 2.24) is 5.32 Å². The third-order valence-electron chi connectivity index (χ3n) is 3.24. The predicted octanol–water partition coefficient (Wildman–Crippen LogP) is 2.58. The molecule has 2 rings (SSSR count). The molecule has 0 aliphatic rings. The average molecular weight is 350 g/mol. The highest BCUT2D eigenvalue weighted by Crippen LogP contribution is 2.16. The van der Waals surface area contributed by atoms with Crippen LogP contribution in [-0.4, -0.2) is 36.9 Å². The number of hydrogen-bond donors (Lipinski definition) is 2. The van der Waals surface area contributed by atoms with E-state index < -0.39 is 6.10 Å². The molecule has 0 aliphatic heterocycles. The van der Waals surface area contributed by atoms with Gasteiger partial charge >= 0.3 is 0 Å². The van der Waals surface area contributed by atoms with E-state index in [9.17, 15) is 9.90 Å². The summed E-state index contributed by atoms with van der Waals surface area (Å²) in [4.78, 5) is 11.7. The Bertz CT molecular complexity index is 660. The number of amides is 1. The average Bonchev–Trinajstić information content (AvgIpc) is 2.58. The van der Waals surface area contributed by atoms with Gasteiger partial charge in [-0.15, -0.1) is 0 Å². The second-order valence-electron chi connectivity index (χ2n) is 5.28. The van der Waals surface area contributed by atoms with Crippen molar-refractivity contribution in [2.24, 2.45) is 0 Å². The summed E-state index contributed by atoms with van der Waals surface area (Å²) >= 11 is 5.77. The maximum atomic E-state index is 11.7. The second kappa shape index (κ2) is 9.15. The summed E-state index contributed by atoms with van der Waals surface area (Å²) in [6.45, 7) is 1.99. The number of rotatable bonds is 8. The van der Waals surface area contributed by atoms with Crippen LogP contribution in [0.3, 0.4) is 0 Å². The number of aliphatic hydroxyl groups is 1. The normalized spacial score (nSPS) is 11.6. The number of aryl methyl sites for hydroxylation is 1. The topological polar surface area (TPSA) is 67.8 Å².